The molecule has 6 heteroatoms. The minimum Gasteiger partial charge on any atom is -0.399 e. The van der Waals surface area contributed by atoms with Gasteiger partial charge in [0.2, 0.25) is 5.91 Å². The number of hydrogen-bond acceptors (Lipinski definition) is 3. The SMILES string of the molecule is CC(=O)Nc1cccc(-c2ccc(N)cc2C(=O)N(C)Cc2cc3ccccc3n2C)c1. The zero-order valence-corrected chi connectivity index (χ0v) is 18.4. The van der Waals surface area contributed by atoms with E-state index in [1.54, 1.807) is 24.1 Å². The Bertz CT molecular complexity index is 1320. The lowest BCUT2D eigenvalue weighted by atomic mass is 9.97. The molecule has 0 saturated heterocycles. The largest absolute Gasteiger partial charge is 0.399 e. The minimum atomic E-state index is -0.148. The number of benzene rings is 3. The predicted molar refractivity (Wildman–Crippen MR) is 129 cm³/mol. The van der Waals surface area contributed by atoms with Crippen LogP contribution in [0.4, 0.5) is 11.4 Å². The summed E-state index contributed by atoms with van der Waals surface area (Å²) in [7, 11) is 3.80. The lowest BCUT2D eigenvalue weighted by molar-refractivity contribution is -0.114. The number of hydrogen-bond donors (Lipinski definition) is 2. The molecule has 4 rings (SSSR count). The van der Waals surface area contributed by atoms with Crippen molar-refractivity contribution < 1.29 is 9.59 Å². The second-order valence-corrected chi connectivity index (χ2v) is 7.98. The molecule has 0 saturated carbocycles. The highest BCUT2D eigenvalue weighted by Gasteiger charge is 2.19. The van der Waals surface area contributed by atoms with Crippen LogP contribution in [0.2, 0.25) is 0 Å². The monoisotopic (exact) mass is 426 g/mol. The minimum absolute atomic E-state index is 0.123. The summed E-state index contributed by atoms with van der Waals surface area (Å²) in [6, 6.07) is 23.0. The summed E-state index contributed by atoms with van der Waals surface area (Å²) in [6.45, 7) is 1.93. The van der Waals surface area contributed by atoms with Gasteiger partial charge < -0.3 is 20.5 Å². The third-order valence-electron chi connectivity index (χ3n) is 5.56. The first-order chi connectivity index (χ1) is 15.3. The smallest absolute Gasteiger partial charge is 0.254 e. The summed E-state index contributed by atoms with van der Waals surface area (Å²) in [4.78, 5) is 26.6. The Morgan fingerprint density at radius 3 is 2.53 bits per heavy atom. The quantitative estimate of drug-likeness (QED) is 0.456. The van der Waals surface area contributed by atoms with Crippen molar-refractivity contribution in [2.24, 2.45) is 7.05 Å². The van der Waals surface area contributed by atoms with Crippen LogP contribution in [0.15, 0.2) is 72.8 Å². The van der Waals surface area contributed by atoms with Gasteiger partial charge in [-0.15, -0.1) is 0 Å². The molecule has 0 fully saturated rings. The van der Waals surface area contributed by atoms with E-state index in [1.807, 2.05) is 49.5 Å². The number of nitrogen functional groups attached to an aromatic ring is 1. The van der Waals surface area contributed by atoms with Gasteiger partial charge in [0.05, 0.1) is 6.54 Å². The maximum atomic E-state index is 13.5. The van der Waals surface area contributed by atoms with Gasteiger partial charge in [0, 0.05) is 49.2 Å². The molecule has 162 valence electrons. The van der Waals surface area contributed by atoms with E-state index in [0.717, 1.165) is 27.7 Å². The Kier molecular flexibility index (Phi) is 5.69. The maximum absolute atomic E-state index is 13.5. The van der Waals surface area contributed by atoms with Crippen LogP contribution in [-0.4, -0.2) is 28.3 Å². The van der Waals surface area contributed by atoms with Crippen LogP contribution in [0.1, 0.15) is 23.0 Å². The summed E-state index contributed by atoms with van der Waals surface area (Å²) < 4.78 is 2.11. The number of nitrogens with one attached hydrogen (secondary N) is 1. The van der Waals surface area contributed by atoms with E-state index in [1.165, 1.54) is 6.92 Å². The van der Waals surface area contributed by atoms with Crippen LogP contribution in [0, 0.1) is 0 Å². The number of carbonyl (C=O) groups is 2. The molecule has 6 nitrogen and oxygen atoms in total. The fourth-order valence-electron chi connectivity index (χ4n) is 3.98. The van der Waals surface area contributed by atoms with Crippen molar-refractivity contribution in [3.05, 3.63) is 84.1 Å². The standard InChI is InChI=1S/C26H26N4O2/c1-17(31)28-21-9-6-8-18(13-21)23-12-11-20(27)15-24(23)26(32)29(2)16-22-14-19-7-4-5-10-25(19)30(22)3/h4-15H,16,27H2,1-3H3,(H,28,31). The molecule has 0 aliphatic heterocycles. The number of carbonyl (C=O) groups excluding carboxylic acids is 2. The van der Waals surface area contributed by atoms with Gasteiger partial charge in [-0.25, -0.2) is 0 Å². The number of rotatable bonds is 5. The number of nitrogens with two attached hydrogens (primary N) is 1. The molecular formula is C26H26N4O2. The van der Waals surface area contributed by atoms with Gasteiger partial charge in [-0.05, 0) is 52.9 Å². The van der Waals surface area contributed by atoms with E-state index < -0.39 is 0 Å². The van der Waals surface area contributed by atoms with Crippen LogP contribution >= 0.6 is 0 Å². The molecule has 32 heavy (non-hydrogen) atoms. The van der Waals surface area contributed by atoms with Gasteiger partial charge in [0.1, 0.15) is 0 Å². The van der Waals surface area contributed by atoms with Gasteiger partial charge in [0.25, 0.3) is 5.91 Å². The zero-order valence-electron chi connectivity index (χ0n) is 18.4. The molecule has 0 atom stereocenters. The number of aryl methyl sites for hydroxylation is 1. The highest BCUT2D eigenvalue weighted by Crippen LogP contribution is 2.29. The number of aromatic nitrogens is 1. The van der Waals surface area contributed by atoms with Crippen LogP contribution < -0.4 is 11.1 Å². The number of fused-ring (bicyclic) bond motifs is 1. The predicted octanol–water partition coefficient (Wildman–Crippen LogP) is 4.66. The summed E-state index contributed by atoms with van der Waals surface area (Å²) in [5.41, 5.74) is 11.5. The van der Waals surface area contributed by atoms with E-state index in [9.17, 15) is 9.59 Å². The maximum Gasteiger partial charge on any atom is 0.254 e. The number of nitrogens with zero attached hydrogens (tertiary/aromatic N) is 2. The summed E-state index contributed by atoms with van der Waals surface area (Å²) >= 11 is 0. The number of anilines is 2. The third-order valence-corrected chi connectivity index (χ3v) is 5.56. The van der Waals surface area contributed by atoms with E-state index >= 15 is 0 Å². The Morgan fingerprint density at radius 2 is 1.78 bits per heavy atom. The van der Waals surface area contributed by atoms with Crippen molar-refractivity contribution in [2.75, 3.05) is 18.1 Å². The lowest BCUT2D eigenvalue weighted by Crippen LogP contribution is -2.27. The van der Waals surface area contributed by atoms with Crippen LogP contribution in [0.3, 0.4) is 0 Å². The molecule has 2 amide bonds. The summed E-state index contributed by atoms with van der Waals surface area (Å²) in [5, 5.41) is 3.93. The fraction of sp³-hybridized carbons (Fsp3) is 0.154. The normalized spacial score (nSPS) is 10.8. The van der Waals surface area contributed by atoms with E-state index in [4.69, 9.17) is 5.73 Å². The molecule has 0 unspecified atom stereocenters. The summed E-state index contributed by atoms with van der Waals surface area (Å²) in [5.74, 6) is -0.270. The van der Waals surface area contributed by atoms with Crippen molar-refractivity contribution in [2.45, 2.75) is 13.5 Å². The Hall–Kier alpha value is -4.06. The second-order valence-electron chi connectivity index (χ2n) is 7.98. The third kappa shape index (κ3) is 4.21. The average Bonchev–Trinajstić information content (AvgIpc) is 3.08. The number of amides is 2. The molecule has 3 aromatic carbocycles. The van der Waals surface area contributed by atoms with Crippen LogP contribution in [0.25, 0.3) is 22.0 Å². The van der Waals surface area contributed by atoms with Gasteiger partial charge >= 0.3 is 0 Å². The van der Waals surface area contributed by atoms with Gasteiger partial charge in [0.15, 0.2) is 0 Å². The number of para-hydroxylation sites is 1. The van der Waals surface area contributed by atoms with Crippen molar-refractivity contribution in [1.82, 2.24) is 9.47 Å². The molecule has 1 aromatic heterocycles. The highest BCUT2D eigenvalue weighted by atomic mass is 16.2. The zero-order chi connectivity index (χ0) is 22.8. The Balaban J connectivity index is 1.67. The molecule has 0 aliphatic rings. The van der Waals surface area contributed by atoms with Gasteiger partial charge in [-0.1, -0.05) is 36.4 Å². The molecule has 0 spiro atoms. The fourth-order valence-corrected chi connectivity index (χ4v) is 3.98. The lowest BCUT2D eigenvalue weighted by Gasteiger charge is -2.20. The molecule has 4 aromatic rings. The molecule has 0 aliphatic carbocycles. The van der Waals surface area contributed by atoms with Gasteiger partial charge in [-0.2, -0.15) is 0 Å². The summed E-state index contributed by atoms with van der Waals surface area (Å²) in [6.07, 6.45) is 0. The first-order valence-electron chi connectivity index (χ1n) is 10.4. The van der Waals surface area contributed by atoms with Gasteiger partial charge in [-0.3, -0.25) is 9.59 Å². The van der Waals surface area contributed by atoms with E-state index in [2.05, 4.69) is 28.1 Å². The molecule has 1 heterocycles. The highest BCUT2D eigenvalue weighted by molar-refractivity contribution is 6.02. The molecule has 0 radical (unpaired) electrons. The second kappa shape index (κ2) is 8.59. The van der Waals surface area contributed by atoms with Crippen LogP contribution in [0.5, 0.6) is 0 Å². The van der Waals surface area contributed by atoms with E-state index in [0.29, 0.717) is 23.5 Å². The van der Waals surface area contributed by atoms with E-state index in [-0.39, 0.29) is 11.8 Å². The van der Waals surface area contributed by atoms with Crippen LogP contribution in [-0.2, 0) is 18.4 Å². The topological polar surface area (TPSA) is 80.4 Å². The van der Waals surface area contributed by atoms with Crippen molar-refractivity contribution in [3.8, 4) is 11.1 Å². The Labute approximate surface area is 187 Å². The Morgan fingerprint density at radius 1 is 1.00 bits per heavy atom. The van der Waals surface area contributed by atoms with Crippen molar-refractivity contribution in [1.29, 1.82) is 0 Å². The van der Waals surface area contributed by atoms with Crippen molar-refractivity contribution in [3.63, 3.8) is 0 Å². The van der Waals surface area contributed by atoms with Crippen molar-refractivity contribution >= 4 is 34.1 Å². The molecule has 0 bridgehead atoms. The molecular weight excluding hydrogens is 400 g/mol. The molecule has 3 N–H and O–H groups in total. The first kappa shape index (κ1) is 21.2. The first-order valence-corrected chi connectivity index (χ1v) is 10.4. The average molecular weight is 427 g/mol.